The molecule has 0 aliphatic heterocycles. The Morgan fingerprint density at radius 1 is 1.33 bits per heavy atom. The van der Waals surface area contributed by atoms with Crippen LogP contribution in [0.4, 0.5) is 10.1 Å². The number of aromatic hydroxyl groups is 1. The zero-order valence-corrected chi connectivity index (χ0v) is 12.5. The second-order valence-electron chi connectivity index (χ2n) is 4.62. The van der Waals surface area contributed by atoms with Crippen molar-refractivity contribution < 1.29 is 14.3 Å². The Morgan fingerprint density at radius 3 is 2.71 bits per heavy atom. The summed E-state index contributed by atoms with van der Waals surface area (Å²) in [4.78, 5) is 14.0. The molecule has 0 atom stereocenters. The maximum Gasteiger partial charge on any atom is 0.261 e. The number of benzene rings is 2. The molecular formula is C16H15ClFNO2. The highest BCUT2D eigenvalue weighted by Crippen LogP contribution is 2.27. The molecule has 110 valence electrons. The summed E-state index contributed by atoms with van der Waals surface area (Å²) in [5.74, 6) is -1.18. The number of hydrogen-bond donors (Lipinski definition) is 1. The summed E-state index contributed by atoms with van der Waals surface area (Å²) in [6.45, 7) is 3.94. The number of rotatable bonds is 3. The van der Waals surface area contributed by atoms with Gasteiger partial charge >= 0.3 is 0 Å². The number of carbonyl (C=O) groups excluding carboxylic acids is 1. The number of carbonyl (C=O) groups is 1. The van der Waals surface area contributed by atoms with Gasteiger partial charge in [-0.2, -0.15) is 0 Å². The van der Waals surface area contributed by atoms with E-state index in [1.54, 1.807) is 13.0 Å². The van der Waals surface area contributed by atoms with Crippen LogP contribution < -0.4 is 4.90 Å². The van der Waals surface area contributed by atoms with Crippen molar-refractivity contribution in [1.29, 1.82) is 0 Å². The molecule has 0 heterocycles. The maximum atomic E-state index is 14.0. The highest BCUT2D eigenvalue weighted by atomic mass is 35.5. The van der Waals surface area contributed by atoms with E-state index in [1.165, 1.54) is 35.2 Å². The zero-order chi connectivity index (χ0) is 15.6. The second kappa shape index (κ2) is 6.14. The first kappa shape index (κ1) is 15.3. The second-order valence-corrected chi connectivity index (χ2v) is 5.03. The van der Waals surface area contributed by atoms with Crippen molar-refractivity contribution in [3.8, 4) is 5.75 Å². The number of amides is 1. The van der Waals surface area contributed by atoms with Crippen molar-refractivity contribution in [3.05, 3.63) is 58.4 Å². The van der Waals surface area contributed by atoms with Crippen LogP contribution in [0, 0.1) is 12.7 Å². The van der Waals surface area contributed by atoms with E-state index in [-0.39, 0.29) is 16.3 Å². The molecule has 0 saturated carbocycles. The first-order valence-corrected chi connectivity index (χ1v) is 6.89. The third-order valence-electron chi connectivity index (χ3n) is 3.23. The first-order chi connectivity index (χ1) is 9.95. The van der Waals surface area contributed by atoms with E-state index >= 15 is 0 Å². The van der Waals surface area contributed by atoms with Gasteiger partial charge in [0, 0.05) is 12.6 Å². The lowest BCUT2D eigenvalue weighted by molar-refractivity contribution is 0.0984. The van der Waals surface area contributed by atoms with Gasteiger partial charge in [0.05, 0.1) is 16.3 Å². The van der Waals surface area contributed by atoms with E-state index in [0.29, 0.717) is 12.2 Å². The monoisotopic (exact) mass is 307 g/mol. The summed E-state index contributed by atoms with van der Waals surface area (Å²) < 4.78 is 14.0. The molecule has 5 heteroatoms. The Kier molecular flexibility index (Phi) is 4.48. The van der Waals surface area contributed by atoms with Crippen molar-refractivity contribution in [3.63, 3.8) is 0 Å². The Labute approximate surface area is 127 Å². The molecule has 0 aromatic heterocycles. The van der Waals surface area contributed by atoms with Gasteiger partial charge in [-0.25, -0.2) is 4.39 Å². The summed E-state index contributed by atoms with van der Waals surface area (Å²) in [6.07, 6.45) is 0. The Morgan fingerprint density at radius 2 is 2.05 bits per heavy atom. The maximum absolute atomic E-state index is 14.0. The molecule has 0 unspecified atom stereocenters. The van der Waals surface area contributed by atoms with Crippen LogP contribution >= 0.6 is 11.6 Å². The summed E-state index contributed by atoms with van der Waals surface area (Å²) in [7, 11) is 0. The first-order valence-electron chi connectivity index (χ1n) is 6.51. The van der Waals surface area contributed by atoms with Crippen LogP contribution in [0.3, 0.4) is 0 Å². The number of phenols is 1. The van der Waals surface area contributed by atoms with Gasteiger partial charge in [-0.3, -0.25) is 4.79 Å². The predicted octanol–water partition coefficient (Wildman–Crippen LogP) is 4.16. The quantitative estimate of drug-likeness (QED) is 0.925. The minimum absolute atomic E-state index is 0.0495. The molecule has 3 nitrogen and oxygen atoms in total. The lowest BCUT2D eigenvalue weighted by Crippen LogP contribution is -2.32. The van der Waals surface area contributed by atoms with Crippen molar-refractivity contribution in [2.24, 2.45) is 0 Å². The number of nitrogens with zero attached hydrogens (tertiary/aromatic N) is 1. The minimum atomic E-state index is -0.736. The predicted molar refractivity (Wildman–Crippen MR) is 81.6 cm³/mol. The summed E-state index contributed by atoms with van der Waals surface area (Å²) in [5, 5.41) is 9.51. The fourth-order valence-electron chi connectivity index (χ4n) is 2.13. The Balaban J connectivity index is 2.48. The topological polar surface area (TPSA) is 40.5 Å². The van der Waals surface area contributed by atoms with Crippen molar-refractivity contribution >= 4 is 23.2 Å². The smallest absolute Gasteiger partial charge is 0.261 e. The number of phenolic OH excluding ortho intramolecular Hbond substituents is 1. The lowest BCUT2D eigenvalue weighted by Gasteiger charge is -2.23. The molecule has 21 heavy (non-hydrogen) atoms. The highest BCUT2D eigenvalue weighted by Gasteiger charge is 2.22. The van der Waals surface area contributed by atoms with Crippen LogP contribution in [-0.4, -0.2) is 17.6 Å². The van der Waals surface area contributed by atoms with Crippen LogP contribution in [0.2, 0.25) is 5.02 Å². The fourth-order valence-corrected chi connectivity index (χ4v) is 2.30. The van der Waals surface area contributed by atoms with Crippen LogP contribution in [0.1, 0.15) is 22.8 Å². The summed E-state index contributed by atoms with van der Waals surface area (Å²) in [5.41, 5.74) is 1.26. The zero-order valence-electron chi connectivity index (χ0n) is 11.7. The van der Waals surface area contributed by atoms with Crippen LogP contribution in [0.25, 0.3) is 0 Å². The van der Waals surface area contributed by atoms with Gasteiger partial charge < -0.3 is 10.0 Å². The summed E-state index contributed by atoms with van der Waals surface area (Å²) in [6, 6.07) is 9.04. The molecule has 2 rings (SSSR count). The highest BCUT2D eigenvalue weighted by molar-refractivity contribution is 6.31. The molecule has 2 aromatic carbocycles. The molecule has 0 spiro atoms. The van der Waals surface area contributed by atoms with Gasteiger partial charge in [-0.15, -0.1) is 0 Å². The third-order valence-corrected chi connectivity index (χ3v) is 3.52. The molecule has 0 radical (unpaired) electrons. The Hall–Kier alpha value is -2.07. The largest absolute Gasteiger partial charge is 0.508 e. The van der Waals surface area contributed by atoms with Gasteiger partial charge in [0.2, 0.25) is 0 Å². The van der Waals surface area contributed by atoms with E-state index in [9.17, 15) is 14.3 Å². The normalized spacial score (nSPS) is 10.5. The van der Waals surface area contributed by atoms with Crippen molar-refractivity contribution in [2.75, 3.05) is 11.4 Å². The average Bonchev–Trinajstić information content (AvgIpc) is 2.46. The van der Waals surface area contributed by atoms with E-state index < -0.39 is 11.7 Å². The molecule has 0 saturated heterocycles. The molecular weight excluding hydrogens is 293 g/mol. The molecule has 0 aliphatic carbocycles. The van der Waals surface area contributed by atoms with Crippen LogP contribution in [0.15, 0.2) is 36.4 Å². The van der Waals surface area contributed by atoms with Gasteiger partial charge in [0.1, 0.15) is 5.75 Å². The lowest BCUT2D eigenvalue weighted by atomic mass is 10.1. The number of aryl methyl sites for hydroxylation is 1. The van der Waals surface area contributed by atoms with Crippen molar-refractivity contribution in [1.82, 2.24) is 0 Å². The molecule has 0 aliphatic rings. The average molecular weight is 308 g/mol. The molecule has 2 aromatic rings. The van der Waals surface area contributed by atoms with Crippen LogP contribution in [-0.2, 0) is 0 Å². The van der Waals surface area contributed by atoms with E-state index in [1.807, 2.05) is 6.92 Å². The molecule has 1 amide bonds. The summed E-state index contributed by atoms with van der Waals surface area (Å²) >= 11 is 5.72. The van der Waals surface area contributed by atoms with E-state index in [4.69, 9.17) is 11.6 Å². The van der Waals surface area contributed by atoms with Gasteiger partial charge in [-0.05, 0) is 37.6 Å². The van der Waals surface area contributed by atoms with Crippen LogP contribution in [0.5, 0.6) is 5.75 Å². The standard InChI is InChI=1S/C16H15ClFNO2/c1-3-19(14-9-11(20)8-7-10(14)2)16(21)12-5-4-6-13(17)15(12)18/h4-9,20H,3H2,1-2H3. The minimum Gasteiger partial charge on any atom is -0.508 e. The molecule has 1 N–H and O–H groups in total. The van der Waals surface area contributed by atoms with Gasteiger partial charge in [-0.1, -0.05) is 23.7 Å². The number of hydrogen-bond acceptors (Lipinski definition) is 2. The van der Waals surface area contributed by atoms with E-state index in [2.05, 4.69) is 0 Å². The van der Waals surface area contributed by atoms with E-state index in [0.717, 1.165) is 5.56 Å². The number of halogens is 2. The molecule has 0 fully saturated rings. The third kappa shape index (κ3) is 3.00. The van der Waals surface area contributed by atoms with Gasteiger partial charge in [0.25, 0.3) is 5.91 Å². The van der Waals surface area contributed by atoms with Crippen molar-refractivity contribution in [2.45, 2.75) is 13.8 Å². The Bertz CT molecular complexity index is 688. The SMILES string of the molecule is CCN(C(=O)c1cccc(Cl)c1F)c1cc(O)ccc1C. The number of anilines is 1. The van der Waals surface area contributed by atoms with Gasteiger partial charge in [0.15, 0.2) is 5.82 Å². The molecule has 0 bridgehead atoms. The fraction of sp³-hybridized carbons (Fsp3) is 0.188.